The Labute approximate surface area is 96.7 Å². The van der Waals surface area contributed by atoms with Gasteiger partial charge in [-0.2, -0.15) is 0 Å². The van der Waals surface area contributed by atoms with Crippen LogP contribution in [0.2, 0.25) is 15.6 Å². The van der Waals surface area contributed by atoms with Gasteiger partial charge in [0.05, 0.1) is 0 Å². The van der Waals surface area contributed by atoms with Crippen LogP contribution in [-0.4, -0.2) is 8.32 Å². The molecule has 0 saturated carbocycles. The standard InChI is InChI=1S/C13H27OSi/c1-10-9-14-15(11(10)2,12(3,4)5)13(6,7)8/h9-11H,1-8H3/q+1/t10-,11+/m0/s1. The minimum absolute atomic E-state index is 0.298. The van der Waals surface area contributed by atoms with Gasteiger partial charge in [-0.25, -0.2) is 4.43 Å². The second-order valence-electron chi connectivity index (χ2n) is 7.14. The first kappa shape index (κ1) is 13.1. The van der Waals surface area contributed by atoms with E-state index in [0.717, 1.165) is 0 Å². The average molecular weight is 227 g/mol. The summed E-state index contributed by atoms with van der Waals surface area (Å²) in [7, 11) is -1.76. The molecule has 1 fully saturated rings. The van der Waals surface area contributed by atoms with Crippen molar-refractivity contribution in [3.63, 3.8) is 0 Å². The predicted molar refractivity (Wildman–Crippen MR) is 69.2 cm³/mol. The van der Waals surface area contributed by atoms with Crippen LogP contribution < -0.4 is 0 Å². The third-order valence-corrected chi connectivity index (χ3v) is 10.9. The van der Waals surface area contributed by atoms with Gasteiger partial charge in [0.25, 0.3) is 8.32 Å². The Morgan fingerprint density at radius 2 is 1.33 bits per heavy atom. The van der Waals surface area contributed by atoms with E-state index in [1.165, 1.54) is 0 Å². The average Bonchev–Trinajstić information content (AvgIpc) is 2.26. The number of rotatable bonds is 0. The highest BCUT2D eigenvalue weighted by Crippen LogP contribution is 2.62. The molecule has 1 saturated heterocycles. The van der Waals surface area contributed by atoms with Crippen LogP contribution in [0.5, 0.6) is 0 Å². The van der Waals surface area contributed by atoms with Gasteiger partial charge in [0.15, 0.2) is 0 Å². The fraction of sp³-hybridized carbons (Fsp3) is 0.923. The molecule has 0 aliphatic carbocycles. The van der Waals surface area contributed by atoms with Crippen molar-refractivity contribution in [1.82, 2.24) is 0 Å². The van der Waals surface area contributed by atoms with Crippen molar-refractivity contribution < 1.29 is 4.43 Å². The van der Waals surface area contributed by atoms with Gasteiger partial charge in [-0.05, 0) is 17.0 Å². The monoisotopic (exact) mass is 227 g/mol. The maximum atomic E-state index is 6.31. The molecule has 1 rings (SSSR count). The van der Waals surface area contributed by atoms with Crippen molar-refractivity contribution >= 4 is 8.32 Å². The molecule has 1 aliphatic rings. The summed E-state index contributed by atoms with van der Waals surface area (Å²) in [5.74, 6) is 0.607. The Hall–Kier alpha value is 0.0469. The van der Waals surface area contributed by atoms with E-state index >= 15 is 0 Å². The molecular weight excluding hydrogens is 200 g/mol. The predicted octanol–water partition coefficient (Wildman–Crippen LogP) is 4.75. The smallest absolute Gasteiger partial charge is 0.245 e. The highest BCUT2D eigenvalue weighted by atomic mass is 28.4. The van der Waals surface area contributed by atoms with E-state index in [1.807, 2.05) is 0 Å². The van der Waals surface area contributed by atoms with Crippen LogP contribution in [0.1, 0.15) is 55.4 Å². The number of hydrogen-bond acceptors (Lipinski definition) is 1. The van der Waals surface area contributed by atoms with E-state index in [0.29, 0.717) is 21.5 Å². The van der Waals surface area contributed by atoms with Crippen molar-refractivity contribution in [2.45, 2.75) is 71.0 Å². The van der Waals surface area contributed by atoms with Crippen LogP contribution in [0, 0.1) is 12.5 Å². The molecule has 2 heteroatoms. The van der Waals surface area contributed by atoms with Crippen LogP contribution in [-0.2, 0) is 4.43 Å². The highest BCUT2D eigenvalue weighted by molar-refractivity contribution is 6.81. The van der Waals surface area contributed by atoms with Crippen LogP contribution in [0.25, 0.3) is 0 Å². The molecule has 88 valence electrons. The Morgan fingerprint density at radius 1 is 0.933 bits per heavy atom. The van der Waals surface area contributed by atoms with Crippen LogP contribution in [0.15, 0.2) is 0 Å². The molecule has 0 radical (unpaired) electrons. The summed E-state index contributed by atoms with van der Waals surface area (Å²) in [5.41, 5.74) is 0.706. The SMILES string of the molecule is C[C@@H]1[C@@H](C)[CH+]O[Si]1(C(C)(C)C)C(C)(C)C. The Bertz CT molecular complexity index is 220. The molecule has 0 aromatic heterocycles. The molecule has 1 heterocycles. The summed E-state index contributed by atoms with van der Waals surface area (Å²) < 4.78 is 6.31. The van der Waals surface area contributed by atoms with E-state index in [-0.39, 0.29) is 0 Å². The molecule has 2 atom stereocenters. The zero-order chi connectivity index (χ0) is 12.1. The lowest BCUT2D eigenvalue weighted by molar-refractivity contribution is 0.345. The normalized spacial score (nSPS) is 31.5. The lowest BCUT2D eigenvalue weighted by Crippen LogP contribution is -2.54. The number of hydrogen-bond donors (Lipinski definition) is 0. The maximum Gasteiger partial charge on any atom is 0.279 e. The zero-order valence-corrected chi connectivity index (χ0v) is 12.6. The summed E-state index contributed by atoms with van der Waals surface area (Å²) in [5, 5.41) is 0.595. The van der Waals surface area contributed by atoms with Gasteiger partial charge < -0.3 is 0 Å². The van der Waals surface area contributed by atoms with Gasteiger partial charge in [-0.3, -0.25) is 0 Å². The molecule has 0 unspecified atom stereocenters. The summed E-state index contributed by atoms with van der Waals surface area (Å²) in [4.78, 5) is 0. The molecule has 0 spiro atoms. The summed E-state index contributed by atoms with van der Waals surface area (Å²) in [6.45, 7) is 20.9. The van der Waals surface area contributed by atoms with Gasteiger partial charge in [0, 0.05) is 5.54 Å². The Kier molecular flexibility index (Phi) is 3.08. The fourth-order valence-electron chi connectivity index (χ4n) is 3.65. The van der Waals surface area contributed by atoms with Gasteiger partial charge >= 0.3 is 0 Å². The van der Waals surface area contributed by atoms with E-state index in [9.17, 15) is 0 Å². The first-order valence-electron chi connectivity index (χ1n) is 6.05. The third-order valence-electron chi connectivity index (χ3n) is 4.13. The van der Waals surface area contributed by atoms with Crippen molar-refractivity contribution in [3.8, 4) is 0 Å². The first-order chi connectivity index (χ1) is 6.54. The van der Waals surface area contributed by atoms with Gasteiger partial charge in [0.1, 0.15) is 5.92 Å². The van der Waals surface area contributed by atoms with Gasteiger partial charge in [-0.1, -0.05) is 48.5 Å². The quantitative estimate of drug-likeness (QED) is 0.428. The van der Waals surface area contributed by atoms with Crippen LogP contribution in [0.3, 0.4) is 0 Å². The molecule has 0 aromatic rings. The third kappa shape index (κ3) is 1.76. The van der Waals surface area contributed by atoms with Crippen molar-refractivity contribution in [3.05, 3.63) is 6.61 Å². The lowest BCUT2D eigenvalue weighted by Gasteiger charge is -2.46. The molecule has 0 bridgehead atoms. The zero-order valence-electron chi connectivity index (χ0n) is 11.6. The van der Waals surface area contributed by atoms with Crippen molar-refractivity contribution in [2.24, 2.45) is 5.92 Å². The Morgan fingerprint density at radius 3 is 1.47 bits per heavy atom. The summed E-state index contributed by atoms with van der Waals surface area (Å²) >= 11 is 0. The molecule has 1 aliphatic heterocycles. The maximum absolute atomic E-state index is 6.31. The van der Waals surface area contributed by atoms with E-state index < -0.39 is 8.32 Å². The van der Waals surface area contributed by atoms with Crippen LogP contribution in [0.4, 0.5) is 0 Å². The van der Waals surface area contributed by atoms with Crippen LogP contribution >= 0.6 is 0 Å². The fourth-order valence-corrected chi connectivity index (χ4v) is 10.8. The van der Waals surface area contributed by atoms with Gasteiger partial charge in [-0.15, -0.1) is 0 Å². The minimum Gasteiger partial charge on any atom is -0.245 e. The van der Waals surface area contributed by atoms with E-state index in [4.69, 9.17) is 4.43 Å². The molecule has 0 amide bonds. The van der Waals surface area contributed by atoms with Crippen molar-refractivity contribution in [2.75, 3.05) is 0 Å². The molecular formula is C13H27OSi+. The summed E-state index contributed by atoms with van der Waals surface area (Å²) in [6.07, 6.45) is 0. The second-order valence-corrected chi connectivity index (χ2v) is 12.8. The molecule has 1 nitrogen and oxygen atoms in total. The molecule has 0 N–H and O–H groups in total. The van der Waals surface area contributed by atoms with E-state index in [1.54, 1.807) is 0 Å². The molecule has 15 heavy (non-hydrogen) atoms. The Balaban J connectivity index is 3.22. The second kappa shape index (κ2) is 3.52. The topological polar surface area (TPSA) is 9.23 Å². The van der Waals surface area contributed by atoms with Gasteiger partial charge in [0.2, 0.25) is 6.61 Å². The first-order valence-corrected chi connectivity index (χ1v) is 8.04. The van der Waals surface area contributed by atoms with Crippen molar-refractivity contribution in [1.29, 1.82) is 0 Å². The highest BCUT2D eigenvalue weighted by Gasteiger charge is 2.68. The lowest BCUT2D eigenvalue weighted by atomic mass is 10.1. The largest absolute Gasteiger partial charge is 0.279 e. The summed E-state index contributed by atoms with van der Waals surface area (Å²) in [6, 6.07) is 0. The molecule has 0 aromatic carbocycles. The van der Waals surface area contributed by atoms with E-state index in [2.05, 4.69) is 62.0 Å². The minimum atomic E-state index is -1.76.